The highest BCUT2D eigenvalue weighted by Crippen LogP contribution is 2.38. The summed E-state index contributed by atoms with van der Waals surface area (Å²) >= 11 is 0. The van der Waals surface area contributed by atoms with E-state index in [0.717, 1.165) is 77.0 Å². The van der Waals surface area contributed by atoms with E-state index in [1.807, 2.05) is 12.2 Å². The van der Waals surface area contributed by atoms with Gasteiger partial charge >= 0.3 is 11.9 Å². The summed E-state index contributed by atoms with van der Waals surface area (Å²) in [7, 11) is 0. The van der Waals surface area contributed by atoms with E-state index in [0.29, 0.717) is 24.7 Å². The number of unbranched alkanes of at least 4 members (excludes halogenated alkanes) is 6. The van der Waals surface area contributed by atoms with Gasteiger partial charge in [0.15, 0.2) is 0 Å². The molecular formula is C30H54O3. The van der Waals surface area contributed by atoms with Gasteiger partial charge in [0.2, 0.25) is 0 Å². The Morgan fingerprint density at radius 3 is 1.36 bits per heavy atom. The van der Waals surface area contributed by atoms with Crippen LogP contribution in [0, 0.1) is 22.7 Å². The van der Waals surface area contributed by atoms with Crippen molar-refractivity contribution in [3.8, 4) is 0 Å². The van der Waals surface area contributed by atoms with E-state index in [1.54, 1.807) is 0 Å². The van der Waals surface area contributed by atoms with Gasteiger partial charge in [0.1, 0.15) is 0 Å². The molecule has 0 saturated heterocycles. The maximum absolute atomic E-state index is 12.8. The Balaban J connectivity index is 4.88. The first-order chi connectivity index (χ1) is 15.4. The molecule has 2 atom stereocenters. The Morgan fingerprint density at radius 1 is 0.697 bits per heavy atom. The van der Waals surface area contributed by atoms with Crippen molar-refractivity contribution in [3.05, 3.63) is 25.3 Å². The molecule has 0 fully saturated rings. The highest BCUT2D eigenvalue weighted by atomic mass is 16.6. The Morgan fingerprint density at radius 2 is 1.06 bits per heavy atom. The van der Waals surface area contributed by atoms with E-state index in [9.17, 15) is 9.59 Å². The average molecular weight is 463 g/mol. The molecule has 0 spiro atoms. The van der Waals surface area contributed by atoms with Crippen LogP contribution in [0.3, 0.4) is 0 Å². The summed E-state index contributed by atoms with van der Waals surface area (Å²) in [5, 5.41) is 0. The predicted octanol–water partition coefficient (Wildman–Crippen LogP) is 9.21. The van der Waals surface area contributed by atoms with Crippen LogP contribution < -0.4 is 0 Å². The summed E-state index contributed by atoms with van der Waals surface area (Å²) in [5.74, 6) is 0.295. The molecule has 0 saturated carbocycles. The Labute approximate surface area is 205 Å². The third kappa shape index (κ3) is 16.8. The molecule has 0 aromatic heterocycles. The molecule has 3 nitrogen and oxygen atoms in total. The van der Waals surface area contributed by atoms with Crippen LogP contribution in [-0.4, -0.2) is 11.9 Å². The van der Waals surface area contributed by atoms with Crippen LogP contribution >= 0.6 is 0 Å². The van der Waals surface area contributed by atoms with Crippen LogP contribution in [0.2, 0.25) is 0 Å². The molecule has 0 aromatic rings. The number of carbonyl (C=O) groups is 2. The van der Waals surface area contributed by atoms with Crippen molar-refractivity contribution in [3.63, 3.8) is 0 Å². The van der Waals surface area contributed by atoms with Gasteiger partial charge in [-0.25, -0.2) is 0 Å². The number of allylic oxidation sites excluding steroid dienone is 2. The van der Waals surface area contributed by atoms with Crippen molar-refractivity contribution in [2.45, 2.75) is 131 Å². The predicted molar refractivity (Wildman–Crippen MR) is 142 cm³/mol. The van der Waals surface area contributed by atoms with Gasteiger partial charge in [0.25, 0.3) is 0 Å². The highest BCUT2D eigenvalue weighted by Gasteiger charge is 2.33. The lowest BCUT2D eigenvalue weighted by atomic mass is 9.75. The smallest absolute Gasteiger partial charge is 0.313 e. The molecule has 0 radical (unpaired) electrons. The minimum atomic E-state index is -0.355. The van der Waals surface area contributed by atoms with E-state index >= 15 is 0 Å². The fraction of sp³-hybridized carbons (Fsp3) is 0.800. The zero-order valence-electron chi connectivity index (χ0n) is 22.8. The average Bonchev–Trinajstić information content (AvgIpc) is 2.65. The van der Waals surface area contributed by atoms with Crippen LogP contribution in [0.4, 0.5) is 0 Å². The topological polar surface area (TPSA) is 43.4 Å². The molecule has 192 valence electrons. The van der Waals surface area contributed by atoms with Crippen molar-refractivity contribution >= 4 is 11.9 Å². The van der Waals surface area contributed by atoms with Gasteiger partial charge in [-0.3, -0.25) is 9.59 Å². The van der Waals surface area contributed by atoms with Crippen molar-refractivity contribution in [1.29, 1.82) is 0 Å². The molecule has 0 heterocycles. The van der Waals surface area contributed by atoms with E-state index < -0.39 is 0 Å². The van der Waals surface area contributed by atoms with Crippen molar-refractivity contribution in [1.82, 2.24) is 0 Å². The summed E-state index contributed by atoms with van der Waals surface area (Å²) in [6, 6.07) is 0. The summed E-state index contributed by atoms with van der Waals surface area (Å²) < 4.78 is 5.39. The van der Waals surface area contributed by atoms with Gasteiger partial charge in [-0.15, -0.1) is 13.2 Å². The molecule has 0 aliphatic heterocycles. The number of hydrogen-bond acceptors (Lipinski definition) is 3. The Hall–Kier alpha value is -1.38. The van der Waals surface area contributed by atoms with Crippen LogP contribution in [-0.2, 0) is 14.3 Å². The monoisotopic (exact) mass is 462 g/mol. The molecule has 0 aliphatic rings. The second-order valence-electron chi connectivity index (χ2n) is 11.8. The zero-order valence-corrected chi connectivity index (χ0v) is 22.8. The lowest BCUT2D eigenvalue weighted by Crippen LogP contribution is -2.28. The van der Waals surface area contributed by atoms with Gasteiger partial charge in [0.05, 0.1) is 12.8 Å². The minimum absolute atomic E-state index is 0.119. The maximum atomic E-state index is 12.8. The van der Waals surface area contributed by atoms with Crippen LogP contribution in [0.1, 0.15) is 131 Å². The van der Waals surface area contributed by atoms with Crippen molar-refractivity contribution < 1.29 is 14.3 Å². The summed E-state index contributed by atoms with van der Waals surface area (Å²) in [6.45, 7) is 20.7. The molecule has 0 rings (SSSR count). The molecule has 0 aromatic carbocycles. The van der Waals surface area contributed by atoms with Gasteiger partial charge in [0, 0.05) is 0 Å². The van der Waals surface area contributed by atoms with Gasteiger partial charge < -0.3 is 4.74 Å². The first kappa shape index (κ1) is 31.6. The lowest BCUT2D eigenvalue weighted by molar-refractivity contribution is -0.163. The van der Waals surface area contributed by atoms with Crippen LogP contribution in [0.5, 0.6) is 0 Å². The molecule has 0 bridgehead atoms. The van der Waals surface area contributed by atoms with E-state index in [1.165, 1.54) is 0 Å². The molecule has 2 unspecified atom stereocenters. The second-order valence-corrected chi connectivity index (χ2v) is 11.8. The number of esters is 2. The number of ether oxygens (including phenoxy) is 1. The Bertz CT molecular complexity index is 527. The summed E-state index contributed by atoms with van der Waals surface area (Å²) in [5.41, 5.74) is -0.238. The van der Waals surface area contributed by atoms with Crippen molar-refractivity contribution in [2.75, 3.05) is 0 Å². The number of carbonyl (C=O) groups excluding carboxylic acids is 2. The lowest BCUT2D eigenvalue weighted by Gasteiger charge is -2.32. The third-order valence-electron chi connectivity index (χ3n) is 6.55. The molecule has 33 heavy (non-hydrogen) atoms. The SMILES string of the molecule is C=CCCCCCC(C)(CC(=O)OC(=O)CC(C)(CCCCCC=C)CC(C)C)CC(C)C. The second kappa shape index (κ2) is 17.1. The standard InChI is InChI=1S/C30H54O3/c1-9-11-13-15-17-19-29(7,21-25(3)4)23-27(31)33-28(32)24-30(8,22-26(5)6)20-18-16-14-12-10-2/h9-10,25-26H,1-2,11-24H2,3-8H3. The fourth-order valence-corrected chi connectivity index (χ4v) is 5.43. The normalized spacial score (nSPS) is 15.2. The highest BCUT2D eigenvalue weighted by molar-refractivity contribution is 5.86. The number of hydrogen-bond donors (Lipinski definition) is 0. The van der Waals surface area contributed by atoms with E-state index in [4.69, 9.17) is 4.74 Å². The quantitative estimate of drug-likeness (QED) is 0.0783. The molecule has 3 heteroatoms. The van der Waals surface area contributed by atoms with E-state index in [2.05, 4.69) is 54.7 Å². The largest absolute Gasteiger partial charge is 0.393 e. The first-order valence-corrected chi connectivity index (χ1v) is 13.4. The molecule has 0 aliphatic carbocycles. The fourth-order valence-electron chi connectivity index (χ4n) is 5.43. The molecule has 0 amide bonds. The third-order valence-corrected chi connectivity index (χ3v) is 6.55. The number of rotatable bonds is 20. The minimum Gasteiger partial charge on any atom is -0.393 e. The van der Waals surface area contributed by atoms with Gasteiger partial charge in [-0.1, -0.05) is 79.4 Å². The Kier molecular flexibility index (Phi) is 16.4. The first-order valence-electron chi connectivity index (χ1n) is 13.4. The van der Waals surface area contributed by atoms with Gasteiger partial charge in [-0.05, 0) is 74.0 Å². The van der Waals surface area contributed by atoms with Crippen molar-refractivity contribution in [2.24, 2.45) is 22.7 Å². The summed E-state index contributed by atoms with van der Waals surface area (Å²) in [6.07, 6.45) is 17.3. The van der Waals surface area contributed by atoms with E-state index in [-0.39, 0.29) is 22.8 Å². The van der Waals surface area contributed by atoms with Crippen LogP contribution in [0.15, 0.2) is 25.3 Å². The molecule has 0 N–H and O–H groups in total. The van der Waals surface area contributed by atoms with Crippen LogP contribution in [0.25, 0.3) is 0 Å². The summed E-state index contributed by atoms with van der Waals surface area (Å²) in [4.78, 5) is 25.5. The molecular weight excluding hydrogens is 408 g/mol. The van der Waals surface area contributed by atoms with Gasteiger partial charge in [-0.2, -0.15) is 0 Å². The zero-order chi connectivity index (χ0) is 25.3. The maximum Gasteiger partial charge on any atom is 0.313 e.